The van der Waals surface area contributed by atoms with E-state index in [1.54, 1.807) is 11.6 Å². The summed E-state index contributed by atoms with van der Waals surface area (Å²) in [5.74, 6) is 2.35. The standard InChI is InChI=1S/C19H24N2O2/c22-18(21-23)6-5-13-1-3-14(4-2-13)12-20-19-10-15-7-16(11-19)9-17(19)8-15/h1-6,15-17,20,23H,7-12H2,(H,21,22). The fraction of sp³-hybridized carbons (Fsp3) is 0.526. The lowest BCUT2D eigenvalue weighted by Gasteiger charge is -2.34. The van der Waals surface area contributed by atoms with Gasteiger partial charge in [-0.2, -0.15) is 0 Å². The van der Waals surface area contributed by atoms with E-state index < -0.39 is 5.91 Å². The average Bonchev–Trinajstić information content (AvgIpc) is 2.96. The van der Waals surface area contributed by atoms with Crippen LogP contribution in [0.25, 0.3) is 6.08 Å². The highest BCUT2D eigenvalue weighted by atomic mass is 16.5. The number of amides is 1. The van der Waals surface area contributed by atoms with Crippen molar-refractivity contribution in [2.75, 3.05) is 0 Å². The maximum absolute atomic E-state index is 11.0. The summed E-state index contributed by atoms with van der Waals surface area (Å²) in [5, 5.41) is 12.4. The van der Waals surface area contributed by atoms with Crippen LogP contribution in [0.2, 0.25) is 0 Å². The molecule has 4 bridgehead atoms. The molecule has 23 heavy (non-hydrogen) atoms. The second kappa shape index (κ2) is 5.77. The maximum atomic E-state index is 11.0. The van der Waals surface area contributed by atoms with Crippen LogP contribution < -0.4 is 10.8 Å². The van der Waals surface area contributed by atoms with E-state index in [0.29, 0.717) is 5.54 Å². The third kappa shape index (κ3) is 2.81. The van der Waals surface area contributed by atoms with Crippen molar-refractivity contribution < 1.29 is 10.0 Å². The van der Waals surface area contributed by atoms with Gasteiger partial charge in [-0.15, -0.1) is 0 Å². The Morgan fingerprint density at radius 2 is 1.87 bits per heavy atom. The summed E-state index contributed by atoms with van der Waals surface area (Å²) in [6, 6.07) is 8.24. The number of nitrogens with one attached hydrogen (secondary N) is 2. The van der Waals surface area contributed by atoms with Crippen molar-refractivity contribution in [2.24, 2.45) is 17.8 Å². The van der Waals surface area contributed by atoms with E-state index in [0.717, 1.165) is 29.9 Å². The van der Waals surface area contributed by atoms with Crippen molar-refractivity contribution in [3.63, 3.8) is 0 Å². The third-order valence-electron chi connectivity index (χ3n) is 6.15. The topological polar surface area (TPSA) is 61.4 Å². The minimum atomic E-state index is -0.512. The zero-order chi connectivity index (χ0) is 15.9. The molecule has 0 aliphatic heterocycles. The van der Waals surface area contributed by atoms with E-state index in [-0.39, 0.29) is 0 Å². The second-order valence-electron chi connectivity index (χ2n) is 7.60. The quantitative estimate of drug-likeness (QED) is 0.445. The van der Waals surface area contributed by atoms with Crippen molar-refractivity contribution in [3.8, 4) is 0 Å². The SMILES string of the molecule is O=C(C=Cc1ccc(CNC23CC4CC(CC2C4)C3)cc1)NO. The molecule has 4 nitrogen and oxygen atoms in total. The van der Waals surface area contributed by atoms with Gasteiger partial charge in [0, 0.05) is 18.2 Å². The first-order chi connectivity index (χ1) is 11.2. The normalized spacial score (nSPS) is 34.4. The van der Waals surface area contributed by atoms with Crippen LogP contribution in [0.5, 0.6) is 0 Å². The molecule has 0 saturated heterocycles. The lowest BCUT2D eigenvalue weighted by molar-refractivity contribution is -0.124. The Balaban J connectivity index is 1.37. The van der Waals surface area contributed by atoms with E-state index in [2.05, 4.69) is 17.4 Å². The van der Waals surface area contributed by atoms with Crippen molar-refractivity contribution >= 4 is 12.0 Å². The number of rotatable bonds is 5. The molecule has 4 aliphatic carbocycles. The molecule has 122 valence electrons. The van der Waals surface area contributed by atoms with Crippen molar-refractivity contribution in [3.05, 3.63) is 41.5 Å². The smallest absolute Gasteiger partial charge is 0.267 e. The minimum absolute atomic E-state index is 0.422. The molecule has 0 aromatic heterocycles. The molecule has 5 rings (SSSR count). The first-order valence-corrected chi connectivity index (χ1v) is 8.63. The van der Waals surface area contributed by atoms with Crippen LogP contribution in [0.4, 0.5) is 0 Å². The molecule has 0 heterocycles. The van der Waals surface area contributed by atoms with Gasteiger partial charge >= 0.3 is 0 Å². The molecule has 2 unspecified atom stereocenters. The molecule has 1 aromatic rings. The van der Waals surface area contributed by atoms with E-state index in [1.165, 1.54) is 43.7 Å². The van der Waals surface area contributed by atoms with Crippen LogP contribution in [0.15, 0.2) is 30.3 Å². The van der Waals surface area contributed by atoms with Crippen LogP contribution in [0, 0.1) is 17.8 Å². The van der Waals surface area contributed by atoms with E-state index in [4.69, 9.17) is 5.21 Å². The summed E-state index contributed by atoms with van der Waals surface area (Å²) in [5.41, 5.74) is 4.25. The Morgan fingerprint density at radius 3 is 2.52 bits per heavy atom. The Labute approximate surface area is 136 Å². The van der Waals surface area contributed by atoms with Gasteiger partial charge < -0.3 is 5.32 Å². The van der Waals surface area contributed by atoms with E-state index in [9.17, 15) is 4.79 Å². The van der Waals surface area contributed by atoms with Crippen molar-refractivity contribution in [1.29, 1.82) is 0 Å². The highest BCUT2D eigenvalue weighted by molar-refractivity contribution is 5.90. The van der Waals surface area contributed by atoms with Crippen LogP contribution in [-0.4, -0.2) is 16.7 Å². The van der Waals surface area contributed by atoms with Gasteiger partial charge in [0.2, 0.25) is 0 Å². The minimum Gasteiger partial charge on any atom is -0.307 e. The molecule has 4 fully saturated rings. The monoisotopic (exact) mass is 312 g/mol. The number of hydrogen-bond acceptors (Lipinski definition) is 3. The number of hydroxylamine groups is 1. The molecular weight excluding hydrogens is 288 g/mol. The molecule has 2 atom stereocenters. The number of benzene rings is 1. The Bertz CT molecular complexity index is 609. The van der Waals surface area contributed by atoms with Gasteiger partial charge in [0.15, 0.2) is 0 Å². The zero-order valence-electron chi connectivity index (χ0n) is 13.3. The second-order valence-corrected chi connectivity index (χ2v) is 7.60. The summed E-state index contributed by atoms with van der Waals surface area (Å²) in [4.78, 5) is 11.0. The highest BCUT2D eigenvalue weighted by Gasteiger charge is 2.57. The van der Waals surface area contributed by atoms with Crippen LogP contribution >= 0.6 is 0 Å². The van der Waals surface area contributed by atoms with Gasteiger partial charge in [0.25, 0.3) is 5.91 Å². The van der Waals surface area contributed by atoms with Gasteiger partial charge in [-0.1, -0.05) is 24.3 Å². The van der Waals surface area contributed by atoms with Crippen LogP contribution in [-0.2, 0) is 11.3 Å². The molecule has 4 aliphatic rings. The molecular formula is C19H24N2O2. The van der Waals surface area contributed by atoms with Gasteiger partial charge in [0.05, 0.1) is 0 Å². The summed E-state index contributed by atoms with van der Waals surface area (Å²) in [7, 11) is 0. The molecule has 1 amide bonds. The summed E-state index contributed by atoms with van der Waals surface area (Å²) >= 11 is 0. The van der Waals surface area contributed by atoms with E-state index in [1.807, 2.05) is 12.1 Å². The molecule has 0 radical (unpaired) electrons. The zero-order valence-corrected chi connectivity index (χ0v) is 13.3. The Hall–Kier alpha value is -1.65. The molecule has 4 heteroatoms. The summed E-state index contributed by atoms with van der Waals surface area (Å²) < 4.78 is 0. The molecule has 4 saturated carbocycles. The average molecular weight is 312 g/mol. The van der Waals surface area contributed by atoms with Gasteiger partial charge in [-0.05, 0) is 67.1 Å². The lowest BCUT2D eigenvalue weighted by Crippen LogP contribution is -2.45. The first-order valence-electron chi connectivity index (χ1n) is 8.63. The molecule has 1 aromatic carbocycles. The molecule has 0 spiro atoms. The number of hydrogen-bond donors (Lipinski definition) is 3. The van der Waals surface area contributed by atoms with Crippen LogP contribution in [0.1, 0.15) is 43.2 Å². The van der Waals surface area contributed by atoms with Gasteiger partial charge in [-0.25, -0.2) is 5.48 Å². The van der Waals surface area contributed by atoms with Crippen molar-refractivity contribution in [1.82, 2.24) is 10.8 Å². The highest BCUT2D eigenvalue weighted by Crippen LogP contribution is 2.60. The summed E-state index contributed by atoms with van der Waals surface area (Å²) in [6.07, 6.45) is 10.1. The predicted molar refractivity (Wildman–Crippen MR) is 88.5 cm³/mol. The predicted octanol–water partition coefficient (Wildman–Crippen LogP) is 2.87. The Kier molecular flexibility index (Phi) is 3.74. The fourth-order valence-corrected chi connectivity index (χ4v) is 5.32. The van der Waals surface area contributed by atoms with Gasteiger partial charge in [0.1, 0.15) is 0 Å². The van der Waals surface area contributed by atoms with E-state index >= 15 is 0 Å². The number of carbonyl (C=O) groups excluding carboxylic acids is 1. The summed E-state index contributed by atoms with van der Waals surface area (Å²) in [6.45, 7) is 0.928. The first kappa shape index (κ1) is 14.9. The largest absolute Gasteiger partial charge is 0.307 e. The third-order valence-corrected chi connectivity index (χ3v) is 6.15. The Morgan fingerprint density at radius 1 is 1.17 bits per heavy atom. The fourth-order valence-electron chi connectivity index (χ4n) is 5.32. The maximum Gasteiger partial charge on any atom is 0.267 e. The lowest BCUT2D eigenvalue weighted by atomic mass is 9.80. The van der Waals surface area contributed by atoms with Crippen molar-refractivity contribution in [2.45, 2.75) is 44.2 Å². The van der Waals surface area contributed by atoms with Gasteiger partial charge in [-0.3, -0.25) is 10.0 Å². The van der Waals surface area contributed by atoms with Crippen LogP contribution in [0.3, 0.4) is 0 Å². The molecule has 3 N–H and O–H groups in total. The number of carbonyl (C=O) groups is 1.